The fourth-order valence-electron chi connectivity index (χ4n) is 3.68. The lowest BCUT2D eigenvalue weighted by Crippen LogP contribution is -2.54. The summed E-state index contributed by atoms with van der Waals surface area (Å²) in [4.78, 5) is 48.2. The van der Waals surface area contributed by atoms with Gasteiger partial charge in [0.25, 0.3) is 5.91 Å². The van der Waals surface area contributed by atoms with E-state index in [1.165, 1.54) is 0 Å². The van der Waals surface area contributed by atoms with E-state index in [0.717, 1.165) is 22.3 Å². The molecule has 3 aromatic carbocycles. The van der Waals surface area contributed by atoms with Crippen LogP contribution in [0.5, 0.6) is 0 Å². The van der Waals surface area contributed by atoms with Gasteiger partial charge >= 0.3 is 6.03 Å². The predicted octanol–water partition coefficient (Wildman–Crippen LogP) is 1.16. The van der Waals surface area contributed by atoms with Gasteiger partial charge in [0.1, 0.15) is 6.04 Å². The van der Waals surface area contributed by atoms with E-state index in [4.69, 9.17) is 11.5 Å². The van der Waals surface area contributed by atoms with Crippen molar-refractivity contribution in [3.05, 3.63) is 96.1 Å². The number of primary amides is 1. The zero-order valence-electron chi connectivity index (χ0n) is 20.9. The number of urea groups is 1. The molecule has 0 spiro atoms. The minimum atomic E-state index is -0.961. The predicted molar refractivity (Wildman–Crippen MR) is 144 cm³/mol. The molecule has 8 N–H and O–H groups in total. The summed E-state index contributed by atoms with van der Waals surface area (Å²) < 4.78 is 0. The van der Waals surface area contributed by atoms with Crippen LogP contribution >= 0.6 is 0 Å². The van der Waals surface area contributed by atoms with Crippen molar-refractivity contribution in [2.75, 3.05) is 6.54 Å². The second kappa shape index (κ2) is 14.1. The molecule has 0 aromatic heterocycles. The fourth-order valence-corrected chi connectivity index (χ4v) is 3.68. The van der Waals surface area contributed by atoms with Crippen molar-refractivity contribution in [2.24, 2.45) is 11.5 Å². The molecule has 0 radical (unpaired) electrons. The van der Waals surface area contributed by atoms with Gasteiger partial charge in [-0.2, -0.15) is 0 Å². The van der Waals surface area contributed by atoms with Crippen molar-refractivity contribution in [2.45, 2.75) is 31.3 Å². The number of carbonyl (C=O) groups excluding carboxylic acids is 4. The number of hydrazine groups is 1. The summed E-state index contributed by atoms with van der Waals surface area (Å²) in [5.74, 6) is -1.88. The number of hydrogen-bond acceptors (Lipinski definition) is 5. The van der Waals surface area contributed by atoms with Crippen molar-refractivity contribution in [1.29, 1.82) is 0 Å². The smallest absolute Gasteiger partial charge is 0.333 e. The number of nitrogens with two attached hydrogens (primary N) is 2. The molecular weight excluding hydrogens is 484 g/mol. The second-order valence-electron chi connectivity index (χ2n) is 8.72. The second-order valence-corrected chi connectivity index (χ2v) is 8.72. The molecule has 198 valence electrons. The van der Waals surface area contributed by atoms with Gasteiger partial charge in [-0.3, -0.25) is 19.8 Å². The average molecular weight is 517 g/mol. The number of rotatable bonds is 11. The molecular formula is C28H32N6O4. The van der Waals surface area contributed by atoms with E-state index < -0.39 is 42.4 Å². The zero-order chi connectivity index (χ0) is 27.3. The third-order valence-electron chi connectivity index (χ3n) is 5.81. The number of hydrogen-bond donors (Lipinski definition) is 6. The Morgan fingerprint density at radius 3 is 1.97 bits per heavy atom. The largest absolute Gasteiger partial charge is 0.368 e. The third-order valence-corrected chi connectivity index (χ3v) is 5.81. The molecule has 5 amide bonds. The summed E-state index contributed by atoms with van der Waals surface area (Å²) in [7, 11) is 0. The van der Waals surface area contributed by atoms with Gasteiger partial charge in [0.05, 0.1) is 12.6 Å². The zero-order valence-corrected chi connectivity index (χ0v) is 20.9. The van der Waals surface area contributed by atoms with Crippen LogP contribution in [0.25, 0.3) is 11.1 Å². The molecule has 0 aliphatic carbocycles. The van der Waals surface area contributed by atoms with Gasteiger partial charge in [-0.05, 0) is 35.1 Å². The topological polar surface area (TPSA) is 168 Å². The molecule has 0 unspecified atom stereocenters. The summed E-state index contributed by atoms with van der Waals surface area (Å²) in [5.41, 5.74) is 19.6. The number of aryl methyl sites for hydroxylation is 1. The molecule has 3 rings (SSSR count). The minimum Gasteiger partial charge on any atom is -0.368 e. The molecule has 10 heteroatoms. The van der Waals surface area contributed by atoms with Gasteiger partial charge in [-0.1, -0.05) is 84.9 Å². The Bertz CT molecular complexity index is 1220. The van der Waals surface area contributed by atoms with E-state index in [9.17, 15) is 19.2 Å². The highest BCUT2D eigenvalue weighted by Gasteiger charge is 2.19. The summed E-state index contributed by atoms with van der Waals surface area (Å²) in [6.07, 6.45) is 1.20. The molecule has 10 nitrogen and oxygen atoms in total. The molecule has 0 saturated heterocycles. The lowest BCUT2D eigenvalue weighted by molar-refractivity contribution is -0.126. The molecule has 0 heterocycles. The van der Waals surface area contributed by atoms with Gasteiger partial charge in [-0.15, -0.1) is 0 Å². The fraction of sp³-hybridized carbons (Fsp3) is 0.214. The highest BCUT2D eigenvalue weighted by molar-refractivity contribution is 5.90. The first kappa shape index (κ1) is 27.9. The maximum absolute atomic E-state index is 12.3. The van der Waals surface area contributed by atoms with Crippen LogP contribution in [-0.2, 0) is 27.2 Å². The summed E-state index contributed by atoms with van der Waals surface area (Å²) >= 11 is 0. The Balaban J connectivity index is 1.39. The van der Waals surface area contributed by atoms with E-state index in [0.29, 0.717) is 12.8 Å². The van der Waals surface area contributed by atoms with E-state index >= 15 is 0 Å². The normalized spacial score (nSPS) is 12.0. The van der Waals surface area contributed by atoms with E-state index in [2.05, 4.69) is 21.5 Å². The first-order valence-electron chi connectivity index (χ1n) is 12.2. The van der Waals surface area contributed by atoms with Gasteiger partial charge in [0.15, 0.2) is 0 Å². The van der Waals surface area contributed by atoms with Crippen LogP contribution in [0, 0.1) is 0 Å². The first-order chi connectivity index (χ1) is 18.3. The average Bonchev–Trinajstić information content (AvgIpc) is 2.94. The van der Waals surface area contributed by atoms with Gasteiger partial charge in [0.2, 0.25) is 11.8 Å². The minimum absolute atomic E-state index is 0.194. The van der Waals surface area contributed by atoms with Gasteiger partial charge in [0, 0.05) is 6.42 Å². The van der Waals surface area contributed by atoms with Crippen LogP contribution < -0.4 is 33.0 Å². The first-order valence-corrected chi connectivity index (χ1v) is 12.2. The Morgan fingerprint density at radius 1 is 0.737 bits per heavy atom. The van der Waals surface area contributed by atoms with Gasteiger partial charge < -0.3 is 22.1 Å². The maximum Gasteiger partial charge on any atom is 0.333 e. The molecule has 0 aliphatic rings. The summed E-state index contributed by atoms with van der Waals surface area (Å²) in [6, 6.07) is 24.4. The van der Waals surface area contributed by atoms with Crippen molar-refractivity contribution in [1.82, 2.24) is 21.5 Å². The van der Waals surface area contributed by atoms with E-state index in [1.807, 2.05) is 84.9 Å². The van der Waals surface area contributed by atoms with Crippen LogP contribution in [0.1, 0.15) is 17.5 Å². The van der Waals surface area contributed by atoms with Crippen LogP contribution in [0.2, 0.25) is 0 Å². The highest BCUT2D eigenvalue weighted by atomic mass is 16.2. The summed E-state index contributed by atoms with van der Waals surface area (Å²) in [5, 5.41) is 4.82. The van der Waals surface area contributed by atoms with E-state index in [-0.39, 0.29) is 6.42 Å². The number of nitrogens with one attached hydrogen (secondary N) is 4. The molecule has 0 saturated carbocycles. The lowest BCUT2D eigenvalue weighted by atomic mass is 10.0. The van der Waals surface area contributed by atoms with Crippen LogP contribution in [0.3, 0.4) is 0 Å². The molecule has 2 atom stereocenters. The van der Waals surface area contributed by atoms with Crippen molar-refractivity contribution >= 4 is 23.8 Å². The number of carbonyl (C=O) groups is 4. The van der Waals surface area contributed by atoms with Crippen molar-refractivity contribution < 1.29 is 19.2 Å². The van der Waals surface area contributed by atoms with E-state index in [1.54, 1.807) is 0 Å². The SMILES string of the molecule is NC(=O)[C@H](Cc1ccc(-c2ccccc2)cc1)NC(=O)CNC(=O)NNC(=O)[C@@H](N)CCc1ccccc1. The maximum atomic E-state index is 12.3. The van der Waals surface area contributed by atoms with Gasteiger partial charge in [-0.25, -0.2) is 10.2 Å². The Morgan fingerprint density at radius 2 is 1.34 bits per heavy atom. The molecule has 0 aliphatic heterocycles. The molecule has 0 bridgehead atoms. The van der Waals surface area contributed by atoms with Crippen LogP contribution in [0.4, 0.5) is 4.79 Å². The van der Waals surface area contributed by atoms with Crippen molar-refractivity contribution in [3.63, 3.8) is 0 Å². The molecule has 0 fully saturated rings. The number of benzene rings is 3. The lowest BCUT2D eigenvalue weighted by Gasteiger charge is -2.17. The quantitative estimate of drug-likeness (QED) is 0.210. The Labute approximate surface area is 221 Å². The van der Waals surface area contributed by atoms with Crippen molar-refractivity contribution in [3.8, 4) is 11.1 Å². The molecule has 3 aromatic rings. The Kier molecular flexibility index (Phi) is 10.4. The monoisotopic (exact) mass is 516 g/mol. The standard InChI is InChI=1S/C28H32N6O4/c29-23(16-13-19-7-3-1-4-8-19)27(37)33-34-28(38)31-18-25(35)32-24(26(30)36)17-20-11-14-22(15-12-20)21-9-5-2-6-10-21/h1-12,14-15,23-24H,13,16-18,29H2,(H2,30,36)(H,32,35)(H,33,37)(H2,31,34,38)/t23-,24-/m0/s1. The third kappa shape index (κ3) is 9.07. The van der Waals surface area contributed by atoms with Crippen LogP contribution in [-0.4, -0.2) is 42.4 Å². The Hall–Kier alpha value is -4.70. The number of amides is 5. The van der Waals surface area contributed by atoms with Crippen LogP contribution in [0.15, 0.2) is 84.9 Å². The highest BCUT2D eigenvalue weighted by Crippen LogP contribution is 2.19. The molecule has 38 heavy (non-hydrogen) atoms. The summed E-state index contributed by atoms with van der Waals surface area (Å²) in [6.45, 7) is -0.432.